The van der Waals surface area contributed by atoms with Gasteiger partial charge >= 0.3 is 0 Å². The largest absolute Gasteiger partial charge is 0.356 e. The predicted octanol–water partition coefficient (Wildman–Crippen LogP) is 2.56. The van der Waals surface area contributed by atoms with E-state index in [1.54, 1.807) is 6.20 Å². The molecule has 0 aliphatic heterocycles. The highest BCUT2D eigenvalue weighted by atomic mass is 16.2. The number of nitrogens with one attached hydrogen (secondary N) is 2. The molecular formula is C17H27N3O2. The summed E-state index contributed by atoms with van der Waals surface area (Å²) in [5.74, 6) is -0.174. The van der Waals surface area contributed by atoms with Crippen LogP contribution in [0.4, 0.5) is 0 Å². The molecule has 0 fully saturated rings. The molecule has 5 nitrogen and oxygen atoms in total. The van der Waals surface area contributed by atoms with Crippen LogP contribution in [0, 0.1) is 0 Å². The Morgan fingerprint density at radius 3 is 2.41 bits per heavy atom. The van der Waals surface area contributed by atoms with E-state index >= 15 is 0 Å². The molecule has 1 heterocycles. The van der Waals surface area contributed by atoms with E-state index in [1.807, 2.05) is 18.2 Å². The SMILES string of the molecule is CCCCCCCNC(=O)CCC(=O)NCc1ccccn1. The number of carbonyl (C=O) groups excluding carboxylic acids is 2. The second-order valence-electron chi connectivity index (χ2n) is 5.36. The summed E-state index contributed by atoms with van der Waals surface area (Å²) in [6, 6.07) is 5.56. The summed E-state index contributed by atoms with van der Waals surface area (Å²) in [6.07, 6.45) is 8.01. The quantitative estimate of drug-likeness (QED) is 0.617. The molecule has 1 aromatic heterocycles. The summed E-state index contributed by atoms with van der Waals surface area (Å²) in [6.45, 7) is 3.29. The molecule has 5 heteroatoms. The molecule has 0 saturated carbocycles. The molecule has 0 bridgehead atoms. The van der Waals surface area contributed by atoms with E-state index in [0.29, 0.717) is 13.1 Å². The lowest BCUT2D eigenvalue weighted by molar-refractivity contribution is -0.126. The Kier molecular flexibility index (Phi) is 9.66. The first kappa shape index (κ1) is 18.1. The maximum Gasteiger partial charge on any atom is 0.220 e. The lowest BCUT2D eigenvalue weighted by Gasteiger charge is -2.06. The molecular weight excluding hydrogens is 278 g/mol. The predicted molar refractivity (Wildman–Crippen MR) is 87.1 cm³/mol. The second kappa shape index (κ2) is 11.7. The van der Waals surface area contributed by atoms with Gasteiger partial charge in [0.15, 0.2) is 0 Å². The number of unbranched alkanes of at least 4 members (excludes halogenated alkanes) is 4. The van der Waals surface area contributed by atoms with Crippen LogP contribution in [0.5, 0.6) is 0 Å². The second-order valence-corrected chi connectivity index (χ2v) is 5.36. The van der Waals surface area contributed by atoms with Gasteiger partial charge in [-0.3, -0.25) is 14.6 Å². The maximum atomic E-state index is 11.7. The summed E-state index contributed by atoms with van der Waals surface area (Å²) in [5, 5.41) is 5.62. The Balaban J connectivity index is 2.02. The van der Waals surface area contributed by atoms with Gasteiger partial charge in [0.2, 0.25) is 11.8 Å². The average Bonchev–Trinajstić information content (AvgIpc) is 2.55. The van der Waals surface area contributed by atoms with Crippen molar-refractivity contribution in [1.82, 2.24) is 15.6 Å². The van der Waals surface area contributed by atoms with Gasteiger partial charge in [0, 0.05) is 25.6 Å². The molecule has 0 aliphatic carbocycles. The minimum absolute atomic E-state index is 0.0523. The van der Waals surface area contributed by atoms with Crippen molar-refractivity contribution in [3.8, 4) is 0 Å². The van der Waals surface area contributed by atoms with Gasteiger partial charge in [-0.15, -0.1) is 0 Å². The van der Waals surface area contributed by atoms with Gasteiger partial charge in [-0.1, -0.05) is 38.7 Å². The summed E-state index contributed by atoms with van der Waals surface area (Å²) in [4.78, 5) is 27.4. The van der Waals surface area contributed by atoms with Gasteiger partial charge in [-0.25, -0.2) is 0 Å². The summed E-state index contributed by atoms with van der Waals surface area (Å²) in [5.41, 5.74) is 0.812. The zero-order valence-electron chi connectivity index (χ0n) is 13.4. The fourth-order valence-electron chi connectivity index (χ4n) is 2.05. The molecule has 0 unspecified atom stereocenters. The lowest BCUT2D eigenvalue weighted by Crippen LogP contribution is -2.28. The highest BCUT2D eigenvalue weighted by Gasteiger charge is 2.06. The number of carbonyl (C=O) groups is 2. The van der Waals surface area contributed by atoms with E-state index in [4.69, 9.17) is 0 Å². The molecule has 0 atom stereocenters. The van der Waals surface area contributed by atoms with Crippen molar-refractivity contribution in [1.29, 1.82) is 0 Å². The van der Waals surface area contributed by atoms with Crippen LogP contribution in [-0.4, -0.2) is 23.3 Å². The monoisotopic (exact) mass is 305 g/mol. The van der Waals surface area contributed by atoms with Crippen molar-refractivity contribution in [3.63, 3.8) is 0 Å². The van der Waals surface area contributed by atoms with Crippen LogP contribution < -0.4 is 10.6 Å². The summed E-state index contributed by atoms with van der Waals surface area (Å²) >= 11 is 0. The first-order valence-electron chi connectivity index (χ1n) is 8.15. The maximum absolute atomic E-state index is 11.7. The number of nitrogens with zero attached hydrogens (tertiary/aromatic N) is 1. The van der Waals surface area contributed by atoms with Crippen LogP contribution in [0.25, 0.3) is 0 Å². The lowest BCUT2D eigenvalue weighted by atomic mass is 10.1. The average molecular weight is 305 g/mol. The van der Waals surface area contributed by atoms with Crippen LogP contribution in [0.2, 0.25) is 0 Å². The molecule has 0 aromatic carbocycles. The van der Waals surface area contributed by atoms with Crippen molar-refractivity contribution in [2.75, 3.05) is 6.54 Å². The van der Waals surface area contributed by atoms with Crippen LogP contribution in [0.1, 0.15) is 57.6 Å². The summed E-state index contributed by atoms with van der Waals surface area (Å²) in [7, 11) is 0. The molecule has 0 radical (unpaired) electrons. The molecule has 1 aromatic rings. The number of hydrogen-bond acceptors (Lipinski definition) is 3. The molecule has 122 valence electrons. The van der Waals surface area contributed by atoms with Crippen LogP contribution in [-0.2, 0) is 16.1 Å². The van der Waals surface area contributed by atoms with Crippen LogP contribution in [0.15, 0.2) is 24.4 Å². The molecule has 1 rings (SSSR count). The Hall–Kier alpha value is -1.91. The third-order valence-electron chi connectivity index (χ3n) is 3.37. The van der Waals surface area contributed by atoms with E-state index < -0.39 is 0 Å². The van der Waals surface area contributed by atoms with Gasteiger partial charge in [0.05, 0.1) is 12.2 Å². The molecule has 0 aliphatic rings. The van der Waals surface area contributed by atoms with E-state index in [1.165, 1.54) is 19.3 Å². The molecule has 0 saturated heterocycles. The highest BCUT2D eigenvalue weighted by Crippen LogP contribution is 2.01. The van der Waals surface area contributed by atoms with Gasteiger partial charge < -0.3 is 10.6 Å². The number of aromatic nitrogens is 1. The molecule has 22 heavy (non-hydrogen) atoms. The van der Waals surface area contributed by atoms with Crippen molar-refractivity contribution >= 4 is 11.8 Å². The highest BCUT2D eigenvalue weighted by molar-refractivity contribution is 5.83. The Morgan fingerprint density at radius 2 is 1.73 bits per heavy atom. The number of pyridine rings is 1. The first-order chi connectivity index (χ1) is 10.7. The Bertz CT molecular complexity index is 435. The van der Waals surface area contributed by atoms with E-state index in [2.05, 4.69) is 22.5 Å². The molecule has 0 spiro atoms. The normalized spacial score (nSPS) is 10.2. The van der Waals surface area contributed by atoms with E-state index in [0.717, 1.165) is 18.5 Å². The van der Waals surface area contributed by atoms with Gasteiger partial charge in [0.1, 0.15) is 0 Å². The van der Waals surface area contributed by atoms with Crippen LogP contribution in [0.3, 0.4) is 0 Å². The third-order valence-corrected chi connectivity index (χ3v) is 3.37. The van der Waals surface area contributed by atoms with Gasteiger partial charge in [0.25, 0.3) is 0 Å². The number of rotatable bonds is 11. The van der Waals surface area contributed by atoms with Gasteiger partial charge in [-0.05, 0) is 18.6 Å². The number of amides is 2. The molecule has 2 amide bonds. The van der Waals surface area contributed by atoms with Crippen molar-refractivity contribution in [2.24, 2.45) is 0 Å². The zero-order chi connectivity index (χ0) is 16.0. The van der Waals surface area contributed by atoms with Crippen molar-refractivity contribution in [2.45, 2.75) is 58.4 Å². The Morgan fingerprint density at radius 1 is 1.00 bits per heavy atom. The van der Waals surface area contributed by atoms with E-state index in [9.17, 15) is 9.59 Å². The van der Waals surface area contributed by atoms with E-state index in [-0.39, 0.29) is 24.7 Å². The van der Waals surface area contributed by atoms with Crippen molar-refractivity contribution < 1.29 is 9.59 Å². The minimum Gasteiger partial charge on any atom is -0.356 e. The molecule has 2 N–H and O–H groups in total. The topological polar surface area (TPSA) is 71.1 Å². The Labute approximate surface area is 132 Å². The number of hydrogen-bond donors (Lipinski definition) is 2. The fourth-order valence-corrected chi connectivity index (χ4v) is 2.05. The van der Waals surface area contributed by atoms with Crippen molar-refractivity contribution in [3.05, 3.63) is 30.1 Å². The first-order valence-corrected chi connectivity index (χ1v) is 8.15. The van der Waals surface area contributed by atoms with Crippen LogP contribution >= 0.6 is 0 Å². The summed E-state index contributed by atoms with van der Waals surface area (Å²) < 4.78 is 0. The third kappa shape index (κ3) is 9.10. The minimum atomic E-state index is -0.122. The standard InChI is InChI=1S/C17H27N3O2/c1-2-3-4-5-7-13-19-16(21)10-11-17(22)20-14-15-9-6-8-12-18-15/h6,8-9,12H,2-5,7,10-11,13-14H2,1H3,(H,19,21)(H,20,22). The zero-order valence-corrected chi connectivity index (χ0v) is 13.4. The smallest absolute Gasteiger partial charge is 0.220 e. The van der Waals surface area contributed by atoms with Gasteiger partial charge in [-0.2, -0.15) is 0 Å². The fraction of sp³-hybridized carbons (Fsp3) is 0.588.